The molecule has 0 spiro atoms. The maximum atomic E-state index is 9.92. The topological polar surface area (TPSA) is 58.0 Å². The molecule has 1 saturated carbocycles. The summed E-state index contributed by atoms with van der Waals surface area (Å²) in [6.45, 7) is 2.34. The molecular formula is C16H20ClN3O. The van der Waals surface area contributed by atoms with E-state index < -0.39 is 0 Å². The van der Waals surface area contributed by atoms with Crippen molar-refractivity contribution in [3.63, 3.8) is 0 Å². The number of aliphatic hydroxyl groups is 1. The third kappa shape index (κ3) is 2.97. The highest BCUT2D eigenvalue weighted by atomic mass is 35.5. The van der Waals surface area contributed by atoms with Crippen LogP contribution in [0.5, 0.6) is 0 Å². The lowest BCUT2D eigenvalue weighted by molar-refractivity contribution is 0.149. The maximum absolute atomic E-state index is 9.92. The third-order valence-electron chi connectivity index (χ3n) is 4.35. The minimum atomic E-state index is -0.307. The van der Waals surface area contributed by atoms with E-state index in [-0.39, 0.29) is 17.4 Å². The summed E-state index contributed by atoms with van der Waals surface area (Å²) in [5.41, 5.74) is 0.509. The molecule has 112 valence electrons. The van der Waals surface area contributed by atoms with Gasteiger partial charge in [0, 0.05) is 5.39 Å². The predicted molar refractivity (Wildman–Crippen MR) is 85.6 cm³/mol. The van der Waals surface area contributed by atoms with Crippen LogP contribution in [0.15, 0.2) is 24.3 Å². The summed E-state index contributed by atoms with van der Waals surface area (Å²) < 4.78 is 0. The molecule has 1 aliphatic carbocycles. The van der Waals surface area contributed by atoms with Crippen LogP contribution in [0, 0.1) is 5.92 Å². The van der Waals surface area contributed by atoms with Gasteiger partial charge in [0.25, 0.3) is 0 Å². The van der Waals surface area contributed by atoms with Crippen molar-refractivity contribution in [2.75, 3.05) is 11.9 Å². The van der Waals surface area contributed by atoms with Crippen LogP contribution in [-0.2, 0) is 0 Å². The fourth-order valence-electron chi connectivity index (χ4n) is 3.35. The van der Waals surface area contributed by atoms with Gasteiger partial charge in [-0.05, 0) is 42.5 Å². The summed E-state index contributed by atoms with van der Waals surface area (Å²) in [6, 6.07) is 7.79. The lowest BCUT2D eigenvalue weighted by atomic mass is 9.77. The SMILES string of the molecule is CC1CCCC(CO)(Nc2nc(Cl)nc3ccccc23)C1. The second kappa shape index (κ2) is 5.78. The van der Waals surface area contributed by atoms with Crippen molar-refractivity contribution in [1.82, 2.24) is 9.97 Å². The van der Waals surface area contributed by atoms with Crippen LogP contribution in [0.4, 0.5) is 5.82 Å². The van der Waals surface area contributed by atoms with E-state index in [4.69, 9.17) is 11.6 Å². The van der Waals surface area contributed by atoms with Crippen LogP contribution >= 0.6 is 11.6 Å². The lowest BCUT2D eigenvalue weighted by Gasteiger charge is -2.40. The smallest absolute Gasteiger partial charge is 0.224 e. The van der Waals surface area contributed by atoms with E-state index in [0.29, 0.717) is 11.7 Å². The highest BCUT2D eigenvalue weighted by Crippen LogP contribution is 2.36. The highest BCUT2D eigenvalue weighted by Gasteiger charge is 2.35. The van der Waals surface area contributed by atoms with E-state index >= 15 is 0 Å². The second-order valence-corrected chi connectivity index (χ2v) is 6.46. The molecule has 1 aromatic heterocycles. The highest BCUT2D eigenvalue weighted by molar-refractivity contribution is 6.28. The number of para-hydroxylation sites is 1. The number of fused-ring (bicyclic) bond motifs is 1. The number of benzene rings is 1. The Kier molecular flexibility index (Phi) is 4.00. The van der Waals surface area contributed by atoms with Gasteiger partial charge >= 0.3 is 0 Å². The molecule has 3 rings (SSSR count). The normalized spacial score (nSPS) is 26.0. The maximum Gasteiger partial charge on any atom is 0.224 e. The van der Waals surface area contributed by atoms with Crippen molar-refractivity contribution in [2.24, 2.45) is 5.92 Å². The zero-order valence-corrected chi connectivity index (χ0v) is 12.9. The second-order valence-electron chi connectivity index (χ2n) is 6.12. The minimum Gasteiger partial charge on any atom is -0.394 e. The average Bonchev–Trinajstić information content (AvgIpc) is 2.47. The first-order chi connectivity index (χ1) is 10.1. The van der Waals surface area contributed by atoms with Gasteiger partial charge in [-0.1, -0.05) is 31.9 Å². The van der Waals surface area contributed by atoms with Gasteiger partial charge in [0.15, 0.2) is 0 Å². The minimum absolute atomic E-state index is 0.104. The van der Waals surface area contributed by atoms with Crippen LogP contribution in [-0.4, -0.2) is 27.2 Å². The molecule has 2 aromatic rings. The zero-order valence-electron chi connectivity index (χ0n) is 12.1. The van der Waals surface area contributed by atoms with Gasteiger partial charge in [0.2, 0.25) is 5.28 Å². The van der Waals surface area contributed by atoms with Crippen LogP contribution in [0.25, 0.3) is 10.9 Å². The van der Waals surface area contributed by atoms with Gasteiger partial charge in [0.05, 0.1) is 17.7 Å². The molecule has 0 radical (unpaired) electrons. The summed E-state index contributed by atoms with van der Waals surface area (Å²) in [6.07, 6.45) is 4.23. The molecule has 4 nitrogen and oxygen atoms in total. The Hall–Kier alpha value is -1.39. The number of nitrogens with one attached hydrogen (secondary N) is 1. The number of hydrogen-bond donors (Lipinski definition) is 2. The molecule has 0 amide bonds. The lowest BCUT2D eigenvalue weighted by Crippen LogP contribution is -2.46. The van der Waals surface area contributed by atoms with E-state index in [1.54, 1.807) is 0 Å². The van der Waals surface area contributed by atoms with Crippen molar-refractivity contribution in [1.29, 1.82) is 0 Å². The van der Waals surface area contributed by atoms with E-state index in [2.05, 4.69) is 22.2 Å². The fourth-order valence-corrected chi connectivity index (χ4v) is 3.53. The predicted octanol–water partition coefficient (Wildman–Crippen LogP) is 3.64. The van der Waals surface area contributed by atoms with Gasteiger partial charge in [-0.3, -0.25) is 0 Å². The number of aliphatic hydroxyl groups excluding tert-OH is 1. The van der Waals surface area contributed by atoms with Crippen molar-refractivity contribution in [2.45, 2.75) is 38.1 Å². The Morgan fingerprint density at radius 3 is 2.95 bits per heavy atom. The Morgan fingerprint density at radius 2 is 2.19 bits per heavy atom. The summed E-state index contributed by atoms with van der Waals surface area (Å²) in [7, 11) is 0. The number of rotatable bonds is 3. The van der Waals surface area contributed by atoms with E-state index in [9.17, 15) is 5.11 Å². The fraction of sp³-hybridized carbons (Fsp3) is 0.500. The molecule has 1 fully saturated rings. The Bertz CT molecular complexity index is 648. The molecule has 0 aliphatic heterocycles. The van der Waals surface area contributed by atoms with Gasteiger partial charge in [-0.2, -0.15) is 0 Å². The monoisotopic (exact) mass is 305 g/mol. The van der Waals surface area contributed by atoms with Crippen LogP contribution in [0.2, 0.25) is 5.28 Å². The van der Waals surface area contributed by atoms with Crippen molar-refractivity contribution in [3.8, 4) is 0 Å². The number of nitrogens with zero attached hydrogens (tertiary/aromatic N) is 2. The summed E-state index contributed by atoms with van der Waals surface area (Å²) in [5.74, 6) is 1.32. The third-order valence-corrected chi connectivity index (χ3v) is 4.52. The number of anilines is 1. The van der Waals surface area contributed by atoms with Gasteiger partial charge in [-0.15, -0.1) is 0 Å². The molecule has 2 unspecified atom stereocenters. The van der Waals surface area contributed by atoms with Crippen molar-refractivity contribution >= 4 is 28.3 Å². The van der Waals surface area contributed by atoms with Gasteiger partial charge in [0.1, 0.15) is 5.82 Å². The summed E-state index contributed by atoms with van der Waals surface area (Å²) in [4.78, 5) is 8.59. The van der Waals surface area contributed by atoms with Crippen LogP contribution in [0.1, 0.15) is 32.6 Å². The molecule has 1 aliphatic rings. The Balaban J connectivity index is 2.00. The molecular weight excluding hydrogens is 286 g/mol. The largest absolute Gasteiger partial charge is 0.394 e. The first kappa shape index (κ1) is 14.5. The van der Waals surface area contributed by atoms with Crippen LogP contribution in [0.3, 0.4) is 0 Å². The van der Waals surface area contributed by atoms with E-state index in [0.717, 1.165) is 30.2 Å². The zero-order chi connectivity index (χ0) is 14.9. The molecule has 1 aromatic carbocycles. The Labute approximate surface area is 129 Å². The first-order valence-corrected chi connectivity index (χ1v) is 7.81. The van der Waals surface area contributed by atoms with E-state index in [1.807, 2.05) is 24.3 Å². The molecule has 2 N–H and O–H groups in total. The molecule has 1 heterocycles. The standard InChI is InChI=1S/C16H20ClN3O/c1-11-5-4-8-16(9-11,10-21)20-14-12-6-2-3-7-13(12)18-15(17)19-14/h2-3,6-7,11,21H,4-5,8-10H2,1H3,(H,18,19,20). The van der Waals surface area contributed by atoms with Gasteiger partial charge < -0.3 is 10.4 Å². The summed E-state index contributed by atoms with van der Waals surface area (Å²) in [5, 5.41) is 14.6. The molecule has 21 heavy (non-hydrogen) atoms. The molecule has 0 bridgehead atoms. The quantitative estimate of drug-likeness (QED) is 0.850. The molecule has 0 saturated heterocycles. The van der Waals surface area contributed by atoms with Gasteiger partial charge in [-0.25, -0.2) is 9.97 Å². The summed E-state index contributed by atoms with van der Waals surface area (Å²) >= 11 is 6.03. The number of hydrogen-bond acceptors (Lipinski definition) is 4. The molecule has 5 heteroatoms. The number of halogens is 1. The first-order valence-electron chi connectivity index (χ1n) is 7.43. The van der Waals surface area contributed by atoms with Crippen molar-refractivity contribution < 1.29 is 5.11 Å². The van der Waals surface area contributed by atoms with E-state index in [1.165, 1.54) is 6.42 Å². The average molecular weight is 306 g/mol. The Morgan fingerprint density at radius 1 is 1.38 bits per heavy atom. The van der Waals surface area contributed by atoms with Crippen LogP contribution < -0.4 is 5.32 Å². The number of aromatic nitrogens is 2. The van der Waals surface area contributed by atoms with Crippen molar-refractivity contribution in [3.05, 3.63) is 29.5 Å². The molecule has 2 atom stereocenters.